The van der Waals surface area contributed by atoms with Crippen molar-refractivity contribution in [3.63, 3.8) is 0 Å². The number of ether oxygens (including phenoxy) is 2. The molecule has 0 aliphatic carbocycles. The second kappa shape index (κ2) is 7.94. The van der Waals surface area contributed by atoms with Crippen LogP contribution in [0.15, 0.2) is 18.6 Å². The molecule has 1 aliphatic rings. The molecular formula is C20H28ClN5O4. The summed E-state index contributed by atoms with van der Waals surface area (Å²) in [7, 11) is 0. The molecule has 9 nitrogen and oxygen atoms in total. The van der Waals surface area contributed by atoms with E-state index in [-0.39, 0.29) is 13.1 Å². The van der Waals surface area contributed by atoms with E-state index in [4.69, 9.17) is 21.1 Å². The Hall–Kier alpha value is -2.55. The van der Waals surface area contributed by atoms with Gasteiger partial charge in [-0.3, -0.25) is 9.30 Å². The Morgan fingerprint density at radius 2 is 1.67 bits per heavy atom. The van der Waals surface area contributed by atoms with E-state index in [1.807, 2.05) is 41.5 Å². The number of nitrogens with zero attached hydrogens (tertiary/aromatic N) is 5. The lowest BCUT2D eigenvalue weighted by Crippen LogP contribution is -2.54. The molecule has 2 amide bonds. The summed E-state index contributed by atoms with van der Waals surface area (Å²) < 4.78 is 12.9. The number of carbonyl (C=O) groups is 2. The van der Waals surface area contributed by atoms with E-state index < -0.39 is 29.4 Å². The van der Waals surface area contributed by atoms with Gasteiger partial charge in [-0.1, -0.05) is 11.6 Å². The predicted octanol–water partition coefficient (Wildman–Crippen LogP) is 3.91. The molecule has 0 bridgehead atoms. The summed E-state index contributed by atoms with van der Waals surface area (Å²) in [6, 6.07) is -0.540. The molecule has 0 N–H and O–H groups in total. The van der Waals surface area contributed by atoms with Crippen molar-refractivity contribution in [1.29, 1.82) is 0 Å². The van der Waals surface area contributed by atoms with Crippen LogP contribution >= 0.6 is 11.6 Å². The smallest absolute Gasteiger partial charge is 0.411 e. The lowest BCUT2D eigenvalue weighted by molar-refractivity contribution is -0.0164. The summed E-state index contributed by atoms with van der Waals surface area (Å²) in [4.78, 5) is 37.3. The van der Waals surface area contributed by atoms with Crippen LogP contribution in [0.4, 0.5) is 9.59 Å². The Labute approximate surface area is 180 Å². The second-order valence-corrected chi connectivity index (χ2v) is 9.56. The van der Waals surface area contributed by atoms with Crippen LogP contribution in [-0.2, 0) is 9.47 Å². The maximum absolute atomic E-state index is 12.9. The zero-order valence-electron chi connectivity index (χ0n) is 18.2. The fourth-order valence-corrected chi connectivity index (χ4v) is 3.39. The van der Waals surface area contributed by atoms with Gasteiger partial charge in [-0.15, -0.1) is 0 Å². The highest BCUT2D eigenvalue weighted by atomic mass is 35.5. The van der Waals surface area contributed by atoms with Gasteiger partial charge in [0.1, 0.15) is 28.6 Å². The predicted molar refractivity (Wildman–Crippen MR) is 111 cm³/mol. The Balaban J connectivity index is 1.95. The maximum atomic E-state index is 12.9. The SMILES string of the molecule is CC(C)(C)OC(=O)N1CCN(C(=O)OC(C)(C)C)[C@@H](c2ncc3c(Cl)nccn23)C1. The van der Waals surface area contributed by atoms with Crippen LogP contribution in [-0.4, -0.2) is 67.2 Å². The summed E-state index contributed by atoms with van der Waals surface area (Å²) in [6.45, 7) is 11.7. The van der Waals surface area contributed by atoms with Crippen molar-refractivity contribution in [2.75, 3.05) is 19.6 Å². The summed E-state index contributed by atoms with van der Waals surface area (Å²) >= 11 is 6.19. The largest absolute Gasteiger partial charge is 0.444 e. The minimum atomic E-state index is -0.647. The molecule has 164 valence electrons. The van der Waals surface area contributed by atoms with Crippen molar-refractivity contribution in [3.05, 3.63) is 29.6 Å². The van der Waals surface area contributed by atoms with E-state index in [9.17, 15) is 9.59 Å². The molecule has 3 rings (SSSR count). The number of halogens is 1. The molecular weight excluding hydrogens is 410 g/mol. The Kier molecular flexibility index (Phi) is 5.86. The molecule has 1 fully saturated rings. The van der Waals surface area contributed by atoms with Gasteiger partial charge >= 0.3 is 12.2 Å². The summed E-state index contributed by atoms with van der Waals surface area (Å²) in [5, 5.41) is 0.305. The first-order chi connectivity index (χ1) is 13.9. The van der Waals surface area contributed by atoms with E-state index in [0.29, 0.717) is 23.0 Å². The fraction of sp³-hybridized carbons (Fsp3) is 0.600. The van der Waals surface area contributed by atoms with Crippen molar-refractivity contribution < 1.29 is 19.1 Å². The quantitative estimate of drug-likeness (QED) is 0.671. The minimum Gasteiger partial charge on any atom is -0.444 e. The molecule has 3 heterocycles. The topological polar surface area (TPSA) is 89.3 Å². The maximum Gasteiger partial charge on any atom is 0.411 e. The van der Waals surface area contributed by atoms with Gasteiger partial charge in [-0.25, -0.2) is 19.6 Å². The number of piperazine rings is 1. The summed E-state index contributed by atoms with van der Waals surface area (Å²) in [6.07, 6.45) is 3.99. The molecule has 0 saturated carbocycles. The van der Waals surface area contributed by atoms with Gasteiger partial charge < -0.3 is 14.4 Å². The van der Waals surface area contributed by atoms with Crippen molar-refractivity contribution >= 4 is 29.3 Å². The Morgan fingerprint density at radius 3 is 2.30 bits per heavy atom. The lowest BCUT2D eigenvalue weighted by atomic mass is 10.1. The molecule has 1 saturated heterocycles. The molecule has 0 aromatic carbocycles. The van der Waals surface area contributed by atoms with Crippen molar-refractivity contribution in [1.82, 2.24) is 24.2 Å². The molecule has 2 aromatic rings. The third kappa shape index (κ3) is 4.95. The van der Waals surface area contributed by atoms with Gasteiger partial charge in [0.2, 0.25) is 0 Å². The van der Waals surface area contributed by atoms with E-state index >= 15 is 0 Å². The van der Waals surface area contributed by atoms with Gasteiger partial charge in [-0.05, 0) is 41.5 Å². The number of carbonyl (C=O) groups excluding carboxylic acids is 2. The zero-order valence-corrected chi connectivity index (χ0v) is 18.9. The second-order valence-electron chi connectivity index (χ2n) is 9.21. The standard InChI is InChI=1S/C20H28ClN5O4/c1-19(2,3)29-17(27)24-9-10-26(18(28)30-20(4,5)6)14(12-24)16-23-11-13-15(21)22-7-8-25(13)16/h7-8,11,14H,9-10,12H2,1-6H3/t14-/m1/s1. The molecule has 2 aromatic heterocycles. The number of amides is 2. The Morgan fingerprint density at radius 1 is 1.03 bits per heavy atom. The number of imidazole rings is 1. The Bertz CT molecular complexity index is 947. The molecule has 1 aliphatic heterocycles. The van der Waals surface area contributed by atoms with Crippen molar-refractivity contribution in [3.8, 4) is 0 Å². The minimum absolute atomic E-state index is 0.215. The monoisotopic (exact) mass is 437 g/mol. The number of hydrogen-bond acceptors (Lipinski definition) is 6. The molecule has 30 heavy (non-hydrogen) atoms. The van der Waals surface area contributed by atoms with E-state index in [1.54, 1.807) is 32.8 Å². The fourth-order valence-electron chi connectivity index (χ4n) is 3.20. The molecule has 10 heteroatoms. The normalized spacial score (nSPS) is 17.9. The van der Waals surface area contributed by atoms with Gasteiger partial charge in [-0.2, -0.15) is 0 Å². The first-order valence-electron chi connectivity index (χ1n) is 9.81. The van der Waals surface area contributed by atoms with E-state index in [1.165, 1.54) is 0 Å². The van der Waals surface area contributed by atoms with E-state index in [2.05, 4.69) is 9.97 Å². The average molecular weight is 438 g/mol. The molecule has 0 unspecified atom stereocenters. The van der Waals surface area contributed by atoms with Gasteiger partial charge in [0.15, 0.2) is 5.15 Å². The van der Waals surface area contributed by atoms with Crippen LogP contribution < -0.4 is 0 Å². The summed E-state index contributed by atoms with van der Waals surface area (Å²) in [5.74, 6) is 0.563. The summed E-state index contributed by atoms with van der Waals surface area (Å²) in [5.41, 5.74) is -0.646. The van der Waals surface area contributed by atoms with Gasteiger partial charge in [0.05, 0.1) is 12.7 Å². The molecule has 1 atom stereocenters. The van der Waals surface area contributed by atoms with Crippen molar-refractivity contribution in [2.24, 2.45) is 0 Å². The van der Waals surface area contributed by atoms with Crippen LogP contribution in [0.5, 0.6) is 0 Å². The molecule has 0 radical (unpaired) electrons. The highest BCUT2D eigenvalue weighted by Crippen LogP contribution is 2.29. The third-order valence-electron chi connectivity index (χ3n) is 4.40. The van der Waals surface area contributed by atoms with Crippen molar-refractivity contribution in [2.45, 2.75) is 58.8 Å². The number of fused-ring (bicyclic) bond motifs is 1. The lowest BCUT2D eigenvalue weighted by Gasteiger charge is -2.41. The first-order valence-corrected chi connectivity index (χ1v) is 10.2. The first kappa shape index (κ1) is 22.1. The van der Waals surface area contributed by atoms with Gasteiger partial charge in [0, 0.05) is 25.5 Å². The number of hydrogen-bond donors (Lipinski definition) is 0. The molecule has 0 spiro atoms. The zero-order chi connectivity index (χ0) is 22.3. The highest BCUT2D eigenvalue weighted by Gasteiger charge is 2.39. The van der Waals surface area contributed by atoms with Crippen LogP contribution in [0.1, 0.15) is 53.4 Å². The number of rotatable bonds is 1. The van der Waals surface area contributed by atoms with E-state index in [0.717, 1.165) is 0 Å². The van der Waals surface area contributed by atoms with Crippen LogP contribution in [0.2, 0.25) is 5.15 Å². The highest BCUT2D eigenvalue weighted by molar-refractivity contribution is 6.32. The third-order valence-corrected chi connectivity index (χ3v) is 4.69. The van der Waals surface area contributed by atoms with Gasteiger partial charge in [0.25, 0.3) is 0 Å². The van der Waals surface area contributed by atoms with Crippen LogP contribution in [0.25, 0.3) is 5.52 Å². The average Bonchev–Trinajstić information content (AvgIpc) is 3.03. The van der Waals surface area contributed by atoms with Crippen LogP contribution in [0.3, 0.4) is 0 Å². The van der Waals surface area contributed by atoms with Crippen LogP contribution in [0, 0.1) is 0 Å². The number of aromatic nitrogens is 3.